The molecule has 1 aliphatic heterocycles. The maximum Gasteiger partial charge on any atom is 0.330 e. The zero-order valence-corrected chi connectivity index (χ0v) is 25.5. The molecule has 1 amide bonds. The second kappa shape index (κ2) is 13.3. The lowest BCUT2D eigenvalue weighted by molar-refractivity contribution is -0.0281. The molecule has 0 radical (unpaired) electrons. The Balaban J connectivity index is 1.46. The number of ether oxygens (including phenoxy) is 2. The third-order valence-electron chi connectivity index (χ3n) is 8.03. The lowest BCUT2D eigenvalue weighted by atomic mass is 9.91. The smallest absolute Gasteiger partial charge is 0.330 e. The summed E-state index contributed by atoms with van der Waals surface area (Å²) in [5.41, 5.74) is 3.43. The Kier molecular flexibility index (Phi) is 9.24. The topological polar surface area (TPSA) is 160 Å². The number of nitrogens with zero attached hydrogens (tertiary/aromatic N) is 4. The van der Waals surface area contributed by atoms with E-state index in [2.05, 4.69) is 16.7 Å². The Labute approximate surface area is 259 Å². The van der Waals surface area contributed by atoms with Gasteiger partial charge in [0, 0.05) is 61.9 Å². The first-order valence-electron chi connectivity index (χ1n) is 14.4. The van der Waals surface area contributed by atoms with Crippen LogP contribution in [0.2, 0.25) is 0 Å². The van der Waals surface area contributed by atoms with Crippen molar-refractivity contribution >= 4 is 11.6 Å². The van der Waals surface area contributed by atoms with Crippen LogP contribution in [0.3, 0.4) is 0 Å². The van der Waals surface area contributed by atoms with Crippen molar-refractivity contribution in [3.8, 4) is 34.3 Å². The molecule has 0 unspecified atom stereocenters. The monoisotopic (exact) mass is 610 g/mol. The van der Waals surface area contributed by atoms with Crippen LogP contribution in [0.1, 0.15) is 33.5 Å². The predicted octanol–water partition coefficient (Wildman–Crippen LogP) is 2.49. The van der Waals surface area contributed by atoms with E-state index in [1.165, 1.54) is 32.0 Å². The summed E-state index contributed by atoms with van der Waals surface area (Å²) in [6, 6.07) is 16.7. The standard InChI is InChI=1S/C33H34N6O6/c1-19-21(7-6-10-26(19)36-30(41)25-17-38(2)33(43)39(3)32(25)42)22-8-5-9-23(24(22)15-34)27-12-11-20(31(37-27)44-4)16-35-28-13-14-45-18-29(28)40/h5-12,17,28-29,35,40H,13-14,16,18H2,1-4H3,(H,36,41)/t28-,29+/m1/s1. The van der Waals surface area contributed by atoms with Crippen LogP contribution in [0.5, 0.6) is 5.88 Å². The highest BCUT2D eigenvalue weighted by Gasteiger charge is 2.24. The maximum atomic E-state index is 13.1. The Bertz CT molecular complexity index is 1920. The molecule has 0 spiro atoms. The van der Waals surface area contributed by atoms with Gasteiger partial charge in [-0.25, -0.2) is 9.78 Å². The van der Waals surface area contributed by atoms with Crippen molar-refractivity contribution in [1.82, 2.24) is 19.4 Å². The number of benzene rings is 2. The van der Waals surface area contributed by atoms with E-state index in [0.29, 0.717) is 71.3 Å². The number of hydrogen-bond donors (Lipinski definition) is 3. The van der Waals surface area contributed by atoms with Gasteiger partial charge in [0.25, 0.3) is 11.5 Å². The number of aliphatic hydroxyl groups excluding tert-OH is 1. The molecular weight excluding hydrogens is 576 g/mol. The third-order valence-corrected chi connectivity index (χ3v) is 8.03. The Morgan fingerprint density at radius 2 is 1.87 bits per heavy atom. The molecule has 4 aromatic rings. The SMILES string of the molecule is COc1nc(-c2cccc(-c3cccc(NC(=O)c4cn(C)c(=O)n(C)c4=O)c3C)c2C#N)ccc1CN[C@@H]1CCOC[C@@H]1O. The van der Waals surface area contributed by atoms with Crippen molar-refractivity contribution < 1.29 is 19.4 Å². The molecule has 2 aromatic heterocycles. The second-order valence-corrected chi connectivity index (χ2v) is 10.9. The van der Waals surface area contributed by atoms with Crippen molar-refractivity contribution in [3.63, 3.8) is 0 Å². The number of hydrogen-bond acceptors (Lipinski definition) is 9. The summed E-state index contributed by atoms with van der Waals surface area (Å²) < 4.78 is 13.0. The molecule has 3 N–H and O–H groups in total. The highest BCUT2D eigenvalue weighted by Crippen LogP contribution is 2.36. The fourth-order valence-electron chi connectivity index (χ4n) is 5.46. The van der Waals surface area contributed by atoms with Gasteiger partial charge in [0.1, 0.15) is 11.6 Å². The zero-order chi connectivity index (χ0) is 32.2. The molecule has 12 heteroatoms. The molecule has 2 aromatic carbocycles. The minimum absolute atomic E-state index is 0.0967. The number of nitriles is 1. The van der Waals surface area contributed by atoms with Gasteiger partial charge in [0.15, 0.2) is 0 Å². The summed E-state index contributed by atoms with van der Waals surface area (Å²) in [6.45, 7) is 3.13. The highest BCUT2D eigenvalue weighted by atomic mass is 16.5. The number of carbonyl (C=O) groups is 1. The van der Waals surface area contributed by atoms with Gasteiger partial charge < -0.3 is 29.8 Å². The van der Waals surface area contributed by atoms with Gasteiger partial charge in [-0.1, -0.05) is 36.4 Å². The molecule has 1 fully saturated rings. The molecule has 0 saturated carbocycles. The van der Waals surface area contributed by atoms with Gasteiger partial charge in [-0.15, -0.1) is 0 Å². The first-order valence-corrected chi connectivity index (χ1v) is 14.4. The van der Waals surface area contributed by atoms with Gasteiger partial charge in [-0.3, -0.25) is 14.2 Å². The summed E-state index contributed by atoms with van der Waals surface area (Å²) in [4.78, 5) is 42.5. The lowest BCUT2D eigenvalue weighted by Crippen LogP contribution is -2.46. The number of anilines is 1. The van der Waals surface area contributed by atoms with Crippen molar-refractivity contribution in [1.29, 1.82) is 5.26 Å². The number of methoxy groups -OCH3 is 1. The van der Waals surface area contributed by atoms with Gasteiger partial charge in [0.05, 0.1) is 31.1 Å². The fraction of sp³-hybridized carbons (Fsp3) is 0.303. The van der Waals surface area contributed by atoms with Gasteiger partial charge >= 0.3 is 5.69 Å². The first kappa shape index (κ1) is 31.3. The predicted molar refractivity (Wildman–Crippen MR) is 168 cm³/mol. The summed E-state index contributed by atoms with van der Waals surface area (Å²) in [5, 5.41) is 26.7. The number of aliphatic hydroxyl groups is 1. The minimum atomic E-state index is -0.699. The second-order valence-electron chi connectivity index (χ2n) is 10.9. The Morgan fingerprint density at radius 1 is 1.13 bits per heavy atom. The van der Waals surface area contributed by atoms with Crippen LogP contribution < -0.4 is 26.6 Å². The molecule has 5 rings (SSSR count). The van der Waals surface area contributed by atoms with Crippen molar-refractivity contribution in [2.45, 2.75) is 32.0 Å². The van der Waals surface area contributed by atoms with E-state index >= 15 is 0 Å². The number of aromatic nitrogens is 3. The maximum absolute atomic E-state index is 13.1. The highest BCUT2D eigenvalue weighted by molar-refractivity contribution is 6.04. The van der Waals surface area contributed by atoms with E-state index in [1.807, 2.05) is 43.3 Å². The van der Waals surface area contributed by atoms with Crippen LogP contribution >= 0.6 is 0 Å². The summed E-state index contributed by atoms with van der Waals surface area (Å²) in [7, 11) is 4.32. The van der Waals surface area contributed by atoms with Crippen LogP contribution in [0.25, 0.3) is 22.4 Å². The van der Waals surface area contributed by atoms with Crippen molar-refractivity contribution in [3.05, 3.63) is 97.8 Å². The Morgan fingerprint density at radius 3 is 2.60 bits per heavy atom. The van der Waals surface area contributed by atoms with Crippen LogP contribution in [0.4, 0.5) is 5.69 Å². The molecule has 232 valence electrons. The third kappa shape index (κ3) is 6.28. The number of pyridine rings is 1. The summed E-state index contributed by atoms with van der Waals surface area (Å²) >= 11 is 0. The van der Waals surface area contributed by atoms with Crippen molar-refractivity contribution in [2.75, 3.05) is 25.6 Å². The van der Waals surface area contributed by atoms with Crippen LogP contribution in [0, 0.1) is 18.3 Å². The van der Waals surface area contributed by atoms with Gasteiger partial charge in [0.2, 0.25) is 5.88 Å². The van der Waals surface area contributed by atoms with E-state index in [4.69, 9.17) is 14.5 Å². The van der Waals surface area contributed by atoms with Gasteiger partial charge in [-0.05, 0) is 36.6 Å². The first-order chi connectivity index (χ1) is 21.6. The molecule has 2 atom stereocenters. The molecule has 12 nitrogen and oxygen atoms in total. The van der Waals surface area contributed by atoms with E-state index < -0.39 is 23.3 Å². The number of aryl methyl sites for hydroxylation is 1. The molecular formula is C33H34N6O6. The van der Waals surface area contributed by atoms with Crippen LogP contribution in [-0.2, 0) is 25.4 Å². The molecule has 0 aliphatic carbocycles. The minimum Gasteiger partial charge on any atom is -0.481 e. The lowest BCUT2D eigenvalue weighted by Gasteiger charge is -2.28. The number of nitrogens with one attached hydrogen (secondary N) is 2. The number of amides is 1. The van der Waals surface area contributed by atoms with Crippen molar-refractivity contribution in [2.24, 2.45) is 14.1 Å². The van der Waals surface area contributed by atoms with E-state index in [9.17, 15) is 24.8 Å². The average molecular weight is 611 g/mol. The van der Waals surface area contributed by atoms with Crippen LogP contribution in [-0.4, -0.2) is 57.6 Å². The molecule has 1 saturated heterocycles. The Hall–Kier alpha value is -5.09. The van der Waals surface area contributed by atoms with E-state index in [0.717, 1.165) is 10.1 Å². The molecule has 0 bridgehead atoms. The van der Waals surface area contributed by atoms with Gasteiger partial charge in [-0.2, -0.15) is 5.26 Å². The quantitative estimate of drug-likeness (QED) is 0.272. The summed E-state index contributed by atoms with van der Waals surface area (Å²) in [5.74, 6) is -0.251. The van der Waals surface area contributed by atoms with E-state index in [-0.39, 0.29) is 11.6 Å². The number of carbonyl (C=O) groups excluding carboxylic acids is 1. The average Bonchev–Trinajstić information content (AvgIpc) is 3.05. The number of rotatable bonds is 8. The molecule has 45 heavy (non-hydrogen) atoms. The fourth-order valence-corrected chi connectivity index (χ4v) is 5.46. The zero-order valence-electron chi connectivity index (χ0n) is 25.5. The van der Waals surface area contributed by atoms with E-state index in [1.54, 1.807) is 12.1 Å². The largest absolute Gasteiger partial charge is 0.481 e. The van der Waals surface area contributed by atoms with Crippen LogP contribution in [0.15, 0.2) is 64.3 Å². The molecule has 3 heterocycles. The normalized spacial score (nSPS) is 16.2. The summed E-state index contributed by atoms with van der Waals surface area (Å²) in [6.07, 6.45) is 1.32. The molecule has 1 aliphatic rings.